The predicted molar refractivity (Wildman–Crippen MR) is 73.3 cm³/mol. The fraction of sp³-hybridized carbons (Fsp3) is 0.929. The predicted octanol–water partition coefficient (Wildman–Crippen LogP) is 0.859. The van der Waals surface area contributed by atoms with Gasteiger partial charge >= 0.3 is 0 Å². The van der Waals surface area contributed by atoms with Crippen molar-refractivity contribution in [2.24, 2.45) is 5.41 Å². The lowest BCUT2D eigenvalue weighted by atomic mass is 10.0. The molecular weight excluding hydrogens is 224 g/mol. The summed E-state index contributed by atoms with van der Waals surface area (Å²) in [5.74, 6) is 0. The zero-order valence-electron chi connectivity index (χ0n) is 11.9. The molecule has 1 saturated heterocycles. The van der Waals surface area contributed by atoms with Crippen LogP contribution in [-0.2, 0) is 0 Å². The van der Waals surface area contributed by atoms with Crippen LogP contribution in [-0.4, -0.2) is 74.6 Å². The maximum absolute atomic E-state index is 8.85. The molecule has 4 nitrogen and oxygen atoms in total. The molecule has 0 amide bonds. The van der Waals surface area contributed by atoms with Crippen LogP contribution in [0.2, 0.25) is 0 Å². The Hall–Kier alpha value is -0.630. The van der Waals surface area contributed by atoms with Crippen LogP contribution >= 0.6 is 0 Å². The van der Waals surface area contributed by atoms with Crippen LogP contribution < -0.4 is 0 Å². The first kappa shape index (κ1) is 13.8. The minimum absolute atomic E-state index is 0.376. The summed E-state index contributed by atoms with van der Waals surface area (Å²) in [4.78, 5) is 7.37. The van der Waals surface area contributed by atoms with E-state index in [4.69, 9.17) is 5.26 Å². The van der Waals surface area contributed by atoms with Crippen LogP contribution in [0.1, 0.15) is 19.3 Å². The van der Waals surface area contributed by atoms with Gasteiger partial charge in [0.25, 0.3) is 0 Å². The minimum Gasteiger partial charge on any atom is -0.308 e. The Morgan fingerprint density at radius 3 is 2.22 bits per heavy atom. The molecule has 18 heavy (non-hydrogen) atoms. The third-order valence-corrected chi connectivity index (χ3v) is 4.30. The van der Waals surface area contributed by atoms with Crippen LogP contribution in [0.25, 0.3) is 0 Å². The summed E-state index contributed by atoms with van der Waals surface area (Å²) in [6, 6.07) is 2.36. The van der Waals surface area contributed by atoms with Gasteiger partial charge in [0.05, 0.1) is 6.07 Å². The first-order valence-electron chi connectivity index (χ1n) is 7.10. The zero-order valence-corrected chi connectivity index (χ0v) is 11.9. The lowest BCUT2D eigenvalue weighted by Crippen LogP contribution is -2.49. The first-order chi connectivity index (χ1) is 8.63. The summed E-state index contributed by atoms with van der Waals surface area (Å²) in [6.45, 7) is 8.23. The first-order valence-corrected chi connectivity index (χ1v) is 7.10. The van der Waals surface area contributed by atoms with Crippen LogP contribution in [0, 0.1) is 16.7 Å². The highest BCUT2D eigenvalue weighted by atomic mass is 15.3. The van der Waals surface area contributed by atoms with Crippen LogP contribution in [0.3, 0.4) is 0 Å². The molecule has 0 N–H and O–H groups in total. The Bertz CT molecular complexity index is 295. The Morgan fingerprint density at radius 2 is 1.72 bits per heavy atom. The van der Waals surface area contributed by atoms with E-state index in [1.54, 1.807) is 0 Å². The maximum Gasteiger partial charge on any atom is 0.0628 e. The van der Waals surface area contributed by atoms with E-state index in [1.807, 2.05) is 0 Å². The molecule has 2 fully saturated rings. The van der Waals surface area contributed by atoms with Gasteiger partial charge in [-0.2, -0.15) is 5.26 Å². The average Bonchev–Trinajstić information content (AvgIpc) is 3.08. The third kappa shape index (κ3) is 3.94. The SMILES string of the molecule is CN(C)CCN1CCN(CC2(CC#N)CC2)CC1. The van der Waals surface area contributed by atoms with Crippen molar-refractivity contribution in [3.63, 3.8) is 0 Å². The van der Waals surface area contributed by atoms with Gasteiger partial charge in [0, 0.05) is 52.2 Å². The van der Waals surface area contributed by atoms with E-state index in [1.165, 1.54) is 45.6 Å². The molecule has 2 aliphatic rings. The highest BCUT2D eigenvalue weighted by molar-refractivity contribution is 5.01. The Morgan fingerprint density at radius 1 is 1.11 bits per heavy atom. The van der Waals surface area contributed by atoms with E-state index in [0.29, 0.717) is 5.41 Å². The van der Waals surface area contributed by atoms with Gasteiger partial charge < -0.3 is 9.80 Å². The number of hydrogen-bond acceptors (Lipinski definition) is 4. The molecular formula is C14H26N4. The van der Waals surface area contributed by atoms with Crippen molar-refractivity contribution in [3.05, 3.63) is 0 Å². The molecule has 0 radical (unpaired) electrons. The highest BCUT2D eigenvalue weighted by Crippen LogP contribution is 2.49. The smallest absolute Gasteiger partial charge is 0.0628 e. The summed E-state index contributed by atoms with van der Waals surface area (Å²) in [5.41, 5.74) is 0.376. The van der Waals surface area contributed by atoms with E-state index in [0.717, 1.165) is 19.5 Å². The highest BCUT2D eigenvalue weighted by Gasteiger charge is 2.43. The van der Waals surface area contributed by atoms with Crippen molar-refractivity contribution in [1.82, 2.24) is 14.7 Å². The fourth-order valence-corrected chi connectivity index (χ4v) is 2.72. The summed E-state index contributed by atoms with van der Waals surface area (Å²) >= 11 is 0. The molecule has 1 aliphatic heterocycles. The molecule has 0 aromatic carbocycles. The van der Waals surface area contributed by atoms with Gasteiger partial charge in [-0.25, -0.2) is 0 Å². The number of nitrogens with zero attached hydrogens (tertiary/aromatic N) is 4. The van der Waals surface area contributed by atoms with Gasteiger partial charge in [-0.15, -0.1) is 0 Å². The number of rotatable bonds is 6. The van der Waals surface area contributed by atoms with E-state index in [-0.39, 0.29) is 0 Å². The molecule has 1 aliphatic carbocycles. The monoisotopic (exact) mass is 250 g/mol. The third-order valence-electron chi connectivity index (χ3n) is 4.30. The van der Waals surface area contributed by atoms with Gasteiger partial charge in [0.2, 0.25) is 0 Å². The van der Waals surface area contributed by atoms with Crippen LogP contribution in [0.5, 0.6) is 0 Å². The largest absolute Gasteiger partial charge is 0.308 e. The Labute approximate surface area is 111 Å². The number of hydrogen-bond donors (Lipinski definition) is 0. The van der Waals surface area contributed by atoms with E-state index >= 15 is 0 Å². The minimum atomic E-state index is 0.376. The van der Waals surface area contributed by atoms with Crippen molar-refractivity contribution < 1.29 is 0 Å². The molecule has 1 heterocycles. The molecule has 0 aromatic heterocycles. The molecule has 0 spiro atoms. The van der Waals surface area contributed by atoms with Crippen LogP contribution in [0.4, 0.5) is 0 Å². The molecule has 0 bridgehead atoms. The van der Waals surface area contributed by atoms with Crippen molar-refractivity contribution >= 4 is 0 Å². The maximum atomic E-state index is 8.85. The second kappa shape index (κ2) is 6.01. The molecule has 0 atom stereocenters. The van der Waals surface area contributed by atoms with E-state index in [2.05, 4.69) is 34.9 Å². The van der Waals surface area contributed by atoms with Crippen molar-refractivity contribution in [2.45, 2.75) is 19.3 Å². The van der Waals surface area contributed by atoms with Gasteiger partial charge in [-0.3, -0.25) is 4.90 Å². The van der Waals surface area contributed by atoms with Gasteiger partial charge in [0.15, 0.2) is 0 Å². The summed E-state index contributed by atoms with van der Waals surface area (Å²) in [7, 11) is 4.27. The molecule has 4 heteroatoms. The lowest BCUT2D eigenvalue weighted by molar-refractivity contribution is 0.108. The summed E-state index contributed by atoms with van der Waals surface area (Å²) in [5, 5.41) is 8.85. The van der Waals surface area contributed by atoms with Crippen molar-refractivity contribution in [1.29, 1.82) is 5.26 Å². The Balaban J connectivity index is 1.66. The summed E-state index contributed by atoms with van der Waals surface area (Å²) < 4.78 is 0. The average molecular weight is 250 g/mol. The number of nitriles is 1. The molecule has 1 saturated carbocycles. The van der Waals surface area contributed by atoms with Gasteiger partial charge in [-0.1, -0.05) is 0 Å². The van der Waals surface area contributed by atoms with Crippen LogP contribution in [0.15, 0.2) is 0 Å². The molecule has 2 rings (SSSR count). The van der Waals surface area contributed by atoms with E-state index < -0.39 is 0 Å². The molecule has 0 unspecified atom stereocenters. The normalized spacial score (nSPS) is 24.1. The molecule has 0 aromatic rings. The second-order valence-electron chi connectivity index (χ2n) is 6.26. The molecule has 102 valence electrons. The van der Waals surface area contributed by atoms with Crippen molar-refractivity contribution in [2.75, 3.05) is 59.9 Å². The zero-order chi connectivity index (χ0) is 13.0. The standard InChI is InChI=1S/C14H26N4/c1-16(2)7-8-17-9-11-18(12-10-17)13-14(3-4-14)5-6-15/h3-5,7-13H2,1-2H3. The van der Waals surface area contributed by atoms with Gasteiger partial charge in [-0.05, 0) is 32.4 Å². The quantitative estimate of drug-likeness (QED) is 0.700. The topological polar surface area (TPSA) is 33.5 Å². The summed E-state index contributed by atoms with van der Waals surface area (Å²) in [6.07, 6.45) is 3.29. The number of likely N-dealkylation sites (N-methyl/N-ethyl adjacent to an activating group) is 1. The van der Waals surface area contributed by atoms with Crippen molar-refractivity contribution in [3.8, 4) is 6.07 Å². The number of piperazine rings is 1. The second-order valence-corrected chi connectivity index (χ2v) is 6.26. The van der Waals surface area contributed by atoms with Gasteiger partial charge in [0.1, 0.15) is 0 Å². The van der Waals surface area contributed by atoms with E-state index in [9.17, 15) is 0 Å². The fourth-order valence-electron chi connectivity index (χ4n) is 2.72. The Kier molecular flexibility index (Phi) is 4.60. The lowest BCUT2D eigenvalue weighted by Gasteiger charge is -2.36.